The molecule has 0 unspecified atom stereocenters. The molecule has 29 heavy (non-hydrogen) atoms. The van der Waals surface area contributed by atoms with Gasteiger partial charge in [0, 0.05) is 23.6 Å². The summed E-state index contributed by atoms with van der Waals surface area (Å²) in [5.74, 6) is 0. The quantitative estimate of drug-likeness (QED) is 0.245. The third-order valence-corrected chi connectivity index (χ3v) is 13.3. The summed E-state index contributed by atoms with van der Waals surface area (Å²) < 4.78 is 21.0. The molecule has 3 aliphatic rings. The van der Waals surface area contributed by atoms with Gasteiger partial charge in [0.25, 0.3) is 0 Å². The number of rotatable bonds is 11. The Bertz CT molecular complexity index is 449. The van der Waals surface area contributed by atoms with Crippen molar-refractivity contribution in [1.82, 2.24) is 0 Å². The average molecular weight is 425 g/mol. The summed E-state index contributed by atoms with van der Waals surface area (Å²) in [4.78, 5) is 0. The highest BCUT2D eigenvalue weighted by Crippen LogP contribution is 2.68. The van der Waals surface area contributed by atoms with E-state index in [0.29, 0.717) is 23.1 Å². The van der Waals surface area contributed by atoms with E-state index in [4.69, 9.17) is 4.74 Å². The largest absolute Gasteiger partial charge is 0.378 e. The second-order valence-electron chi connectivity index (χ2n) is 10.4. The maximum atomic E-state index is 14.7. The summed E-state index contributed by atoms with van der Waals surface area (Å²) in [6.45, 7) is 3.23. The molecule has 3 heteroatoms. The first-order valence-corrected chi connectivity index (χ1v) is 15.4. The predicted molar refractivity (Wildman–Crippen MR) is 127 cm³/mol. The Morgan fingerprint density at radius 1 is 0.621 bits per heavy atom. The Kier molecular flexibility index (Phi) is 10.6. The second-order valence-corrected chi connectivity index (χ2v) is 14.1. The van der Waals surface area contributed by atoms with E-state index >= 15 is 0 Å². The fourth-order valence-corrected chi connectivity index (χ4v) is 11.9. The van der Waals surface area contributed by atoms with Gasteiger partial charge in [-0.1, -0.05) is 77.6 Å². The van der Waals surface area contributed by atoms with Crippen LogP contribution in [-0.2, 0) is 9.30 Å². The molecule has 0 radical (unpaired) electrons. The van der Waals surface area contributed by atoms with Gasteiger partial charge in [-0.3, -0.25) is 0 Å². The van der Waals surface area contributed by atoms with Crippen LogP contribution in [0.3, 0.4) is 0 Å². The molecule has 0 aromatic carbocycles. The molecule has 3 rings (SSSR count). The van der Waals surface area contributed by atoms with Crippen LogP contribution >= 0.6 is 7.14 Å². The first-order chi connectivity index (χ1) is 14.2. The number of hydrogen-bond donors (Lipinski definition) is 0. The lowest BCUT2D eigenvalue weighted by Crippen LogP contribution is -2.34. The van der Waals surface area contributed by atoms with Crippen LogP contribution in [-0.4, -0.2) is 29.7 Å². The topological polar surface area (TPSA) is 26.3 Å². The first-order valence-electron chi connectivity index (χ1n) is 13.5. The molecule has 0 spiro atoms. The first kappa shape index (κ1) is 23.8. The number of unbranched alkanes of at least 4 members (excludes halogenated alkanes) is 5. The van der Waals surface area contributed by atoms with E-state index in [0.717, 1.165) is 6.61 Å². The number of hydrogen-bond acceptors (Lipinski definition) is 2. The van der Waals surface area contributed by atoms with Gasteiger partial charge in [-0.15, -0.1) is 0 Å². The van der Waals surface area contributed by atoms with Crippen molar-refractivity contribution in [3.63, 3.8) is 0 Å². The van der Waals surface area contributed by atoms with Crippen molar-refractivity contribution in [2.24, 2.45) is 0 Å². The summed E-state index contributed by atoms with van der Waals surface area (Å²) in [7, 11) is -2.08. The van der Waals surface area contributed by atoms with Crippen molar-refractivity contribution in [3.8, 4) is 0 Å². The lowest BCUT2D eigenvalue weighted by atomic mass is 9.97. The molecule has 0 N–H and O–H groups in total. The summed E-state index contributed by atoms with van der Waals surface area (Å²) in [5, 5.41) is 0. The molecule has 3 aliphatic carbocycles. The van der Waals surface area contributed by atoms with Gasteiger partial charge in [-0.2, -0.15) is 0 Å². The van der Waals surface area contributed by atoms with Crippen molar-refractivity contribution < 1.29 is 9.30 Å². The average Bonchev–Trinajstić information content (AvgIpc) is 2.79. The zero-order valence-electron chi connectivity index (χ0n) is 19.4. The van der Waals surface area contributed by atoms with Crippen molar-refractivity contribution >= 4 is 7.14 Å². The van der Waals surface area contributed by atoms with Crippen molar-refractivity contribution in [3.05, 3.63) is 0 Å². The molecule has 0 aliphatic heterocycles. The van der Waals surface area contributed by atoms with E-state index in [1.54, 1.807) is 0 Å². The maximum Gasteiger partial charge on any atom is 0.0965 e. The zero-order chi connectivity index (χ0) is 20.4. The van der Waals surface area contributed by atoms with E-state index in [-0.39, 0.29) is 0 Å². The molecule has 3 saturated carbocycles. The fourth-order valence-electron chi connectivity index (χ4n) is 6.61. The molecular weight excluding hydrogens is 375 g/mol. The third-order valence-electron chi connectivity index (χ3n) is 8.36. The molecular formula is C26H49O2P. The SMILES string of the molecule is CCCCCCCCOC1CCC(P(=O)(C2CCCCC2)C2CCCCC2)CC1. The minimum atomic E-state index is -2.08. The minimum Gasteiger partial charge on any atom is -0.378 e. The summed E-state index contributed by atoms with van der Waals surface area (Å²) in [6, 6.07) is 0. The fraction of sp³-hybridized carbons (Fsp3) is 1.00. The monoisotopic (exact) mass is 424 g/mol. The highest BCUT2D eigenvalue weighted by atomic mass is 31.2. The predicted octanol–water partition coefficient (Wildman–Crippen LogP) is 8.70. The van der Waals surface area contributed by atoms with Crippen LogP contribution in [0.1, 0.15) is 135 Å². The Morgan fingerprint density at radius 2 is 1.10 bits per heavy atom. The molecule has 0 amide bonds. The summed E-state index contributed by atoms with van der Waals surface area (Å²) in [5.41, 5.74) is 1.68. The summed E-state index contributed by atoms with van der Waals surface area (Å²) in [6.07, 6.45) is 26.3. The van der Waals surface area contributed by atoms with Gasteiger partial charge in [0.05, 0.1) is 13.2 Å². The maximum absolute atomic E-state index is 14.7. The van der Waals surface area contributed by atoms with E-state index in [2.05, 4.69) is 6.92 Å². The van der Waals surface area contributed by atoms with Crippen LogP contribution in [0.5, 0.6) is 0 Å². The normalized spacial score (nSPS) is 27.9. The van der Waals surface area contributed by atoms with Crippen LogP contribution in [0, 0.1) is 0 Å². The molecule has 3 fully saturated rings. The van der Waals surface area contributed by atoms with Gasteiger partial charge >= 0.3 is 0 Å². The molecule has 2 nitrogen and oxygen atoms in total. The van der Waals surface area contributed by atoms with Crippen molar-refractivity contribution in [2.45, 2.75) is 158 Å². The third kappa shape index (κ3) is 6.83. The minimum absolute atomic E-state index is 0.452. The molecule has 0 heterocycles. The van der Waals surface area contributed by atoms with Crippen LogP contribution < -0.4 is 0 Å². The Hall–Kier alpha value is 0.190. The van der Waals surface area contributed by atoms with Crippen LogP contribution in [0.2, 0.25) is 0 Å². The van der Waals surface area contributed by atoms with Crippen LogP contribution in [0.25, 0.3) is 0 Å². The smallest absolute Gasteiger partial charge is 0.0965 e. The van der Waals surface area contributed by atoms with Crippen LogP contribution in [0.15, 0.2) is 0 Å². The Morgan fingerprint density at radius 3 is 1.66 bits per heavy atom. The lowest BCUT2D eigenvalue weighted by molar-refractivity contribution is 0.0266. The molecule has 0 saturated heterocycles. The second kappa shape index (κ2) is 12.9. The molecule has 0 aromatic heterocycles. The summed E-state index contributed by atoms with van der Waals surface area (Å²) >= 11 is 0. The zero-order valence-corrected chi connectivity index (χ0v) is 20.3. The van der Waals surface area contributed by atoms with E-state index in [9.17, 15) is 4.57 Å². The standard InChI is InChI=1S/C26H49O2P/c1-2-3-4-5-6-13-22-28-23-18-20-26(21-19-23)29(27,24-14-9-7-10-15-24)25-16-11-8-12-17-25/h23-26H,2-22H2,1H3. The van der Waals surface area contributed by atoms with Gasteiger partial charge in [-0.25, -0.2) is 0 Å². The van der Waals surface area contributed by atoms with Crippen molar-refractivity contribution in [2.75, 3.05) is 6.61 Å². The van der Waals surface area contributed by atoms with E-state index in [1.807, 2.05) is 0 Å². The lowest BCUT2D eigenvalue weighted by Gasteiger charge is -2.44. The van der Waals surface area contributed by atoms with Gasteiger partial charge in [0.1, 0.15) is 0 Å². The van der Waals surface area contributed by atoms with Gasteiger partial charge in [-0.05, 0) is 57.8 Å². The molecule has 0 atom stereocenters. The van der Waals surface area contributed by atoms with Crippen molar-refractivity contribution in [1.29, 1.82) is 0 Å². The van der Waals surface area contributed by atoms with E-state index in [1.165, 1.54) is 128 Å². The highest BCUT2D eigenvalue weighted by Gasteiger charge is 2.47. The highest BCUT2D eigenvalue weighted by molar-refractivity contribution is 7.66. The Labute approximate surface area is 181 Å². The molecule has 170 valence electrons. The van der Waals surface area contributed by atoms with Gasteiger partial charge in [0.2, 0.25) is 0 Å². The number of ether oxygens (including phenoxy) is 1. The van der Waals surface area contributed by atoms with Gasteiger partial charge < -0.3 is 9.30 Å². The Balaban J connectivity index is 1.46. The van der Waals surface area contributed by atoms with Gasteiger partial charge in [0.15, 0.2) is 0 Å². The van der Waals surface area contributed by atoms with E-state index < -0.39 is 7.14 Å². The molecule has 0 bridgehead atoms. The molecule has 0 aromatic rings. The van der Waals surface area contributed by atoms with Crippen LogP contribution in [0.4, 0.5) is 0 Å².